The molecule has 4 nitrogen and oxygen atoms in total. The molecule has 0 radical (unpaired) electrons. The average Bonchev–Trinajstić information content (AvgIpc) is 2.82. The van der Waals surface area contributed by atoms with Crippen LogP contribution in [0.3, 0.4) is 0 Å². The number of hydrogen-bond acceptors (Lipinski definition) is 3. The van der Waals surface area contributed by atoms with Crippen molar-refractivity contribution in [1.29, 1.82) is 0 Å². The first-order valence-corrected chi connectivity index (χ1v) is 5.72. The number of rotatable bonds is 1. The quantitative estimate of drug-likeness (QED) is 0.744. The minimum Gasteiger partial charge on any atom is -0.397 e. The van der Waals surface area contributed by atoms with Crippen LogP contribution in [0.5, 0.6) is 0 Å². The van der Waals surface area contributed by atoms with Crippen LogP contribution in [0.25, 0.3) is 16.7 Å². The van der Waals surface area contributed by atoms with Gasteiger partial charge >= 0.3 is 6.18 Å². The molecule has 0 spiro atoms. The van der Waals surface area contributed by atoms with Crippen molar-refractivity contribution in [2.24, 2.45) is 0 Å². The molecule has 2 N–H and O–H groups in total. The lowest BCUT2D eigenvalue weighted by Gasteiger charge is -2.08. The van der Waals surface area contributed by atoms with Crippen molar-refractivity contribution in [1.82, 2.24) is 14.8 Å². The monoisotopic (exact) mass is 278 g/mol. The van der Waals surface area contributed by atoms with Crippen LogP contribution in [0.1, 0.15) is 5.56 Å². The molecule has 3 rings (SSSR count). The second-order valence-electron chi connectivity index (χ2n) is 4.24. The van der Waals surface area contributed by atoms with Gasteiger partial charge in [0.05, 0.1) is 29.2 Å². The number of aromatic nitrogens is 3. The zero-order valence-corrected chi connectivity index (χ0v) is 10.1. The van der Waals surface area contributed by atoms with Crippen molar-refractivity contribution in [2.75, 3.05) is 5.73 Å². The van der Waals surface area contributed by atoms with E-state index in [1.54, 1.807) is 18.2 Å². The Morgan fingerprint density at radius 3 is 2.50 bits per heavy atom. The highest BCUT2D eigenvalue weighted by atomic mass is 19.4. The van der Waals surface area contributed by atoms with E-state index in [9.17, 15) is 13.2 Å². The predicted molar refractivity (Wildman–Crippen MR) is 68.3 cm³/mol. The second-order valence-corrected chi connectivity index (χ2v) is 4.24. The third-order valence-corrected chi connectivity index (χ3v) is 2.91. The Hall–Kier alpha value is -2.57. The normalized spacial score (nSPS) is 11.9. The van der Waals surface area contributed by atoms with Gasteiger partial charge in [0.1, 0.15) is 0 Å². The van der Waals surface area contributed by atoms with Crippen LogP contribution in [0.4, 0.5) is 18.9 Å². The molecule has 0 unspecified atom stereocenters. The first-order valence-electron chi connectivity index (χ1n) is 5.72. The zero-order valence-electron chi connectivity index (χ0n) is 10.1. The number of nitrogens with zero attached hydrogens (tertiary/aromatic N) is 3. The highest BCUT2D eigenvalue weighted by Crippen LogP contribution is 2.34. The van der Waals surface area contributed by atoms with E-state index in [0.29, 0.717) is 17.0 Å². The number of fused-ring (bicyclic) bond motifs is 1. The molecule has 3 aromatic rings. The van der Waals surface area contributed by atoms with Crippen LogP contribution < -0.4 is 5.73 Å². The zero-order chi connectivity index (χ0) is 14.3. The van der Waals surface area contributed by atoms with E-state index < -0.39 is 11.7 Å². The molecule has 2 aromatic heterocycles. The molecular formula is C13H9F3N4. The Kier molecular flexibility index (Phi) is 2.63. The Labute approximate surface area is 111 Å². The van der Waals surface area contributed by atoms with Crippen LogP contribution in [0.15, 0.2) is 42.7 Å². The van der Waals surface area contributed by atoms with Crippen molar-refractivity contribution in [3.8, 4) is 5.82 Å². The lowest BCUT2D eigenvalue weighted by Crippen LogP contribution is -2.05. The SMILES string of the molecule is Nc1ccc(-n2ncc3c(C(F)(F)F)cccc32)nc1. The van der Waals surface area contributed by atoms with E-state index in [1.165, 1.54) is 23.1 Å². The molecule has 0 bridgehead atoms. The summed E-state index contributed by atoms with van der Waals surface area (Å²) in [5, 5.41) is 4.02. The predicted octanol–water partition coefficient (Wildman–Crippen LogP) is 3.02. The number of nitrogen functional groups attached to an aromatic ring is 1. The minimum atomic E-state index is -4.41. The Bertz CT molecular complexity index is 759. The molecule has 20 heavy (non-hydrogen) atoms. The van der Waals surface area contributed by atoms with Crippen molar-refractivity contribution < 1.29 is 13.2 Å². The molecule has 0 saturated heterocycles. The smallest absolute Gasteiger partial charge is 0.397 e. The number of benzene rings is 1. The molecule has 0 saturated carbocycles. The molecular weight excluding hydrogens is 269 g/mol. The molecule has 102 valence electrons. The molecule has 0 aliphatic carbocycles. The first kappa shape index (κ1) is 12.5. The molecule has 0 amide bonds. The number of pyridine rings is 1. The van der Waals surface area contributed by atoms with Crippen LogP contribution >= 0.6 is 0 Å². The van der Waals surface area contributed by atoms with Crippen molar-refractivity contribution in [3.63, 3.8) is 0 Å². The van der Waals surface area contributed by atoms with Crippen LogP contribution in [-0.2, 0) is 6.18 Å². The summed E-state index contributed by atoms with van der Waals surface area (Å²) in [6.07, 6.45) is -1.80. The van der Waals surface area contributed by atoms with Crippen LogP contribution in [0.2, 0.25) is 0 Å². The van der Waals surface area contributed by atoms with Gasteiger partial charge in [-0.25, -0.2) is 9.67 Å². The molecule has 0 aliphatic heterocycles. The van der Waals surface area contributed by atoms with E-state index in [2.05, 4.69) is 10.1 Å². The summed E-state index contributed by atoms with van der Waals surface area (Å²) in [6, 6.07) is 7.16. The standard InChI is InChI=1S/C13H9F3N4/c14-13(15,16)10-2-1-3-11-9(10)7-19-20(11)12-5-4-8(17)6-18-12/h1-7H,17H2. The molecule has 0 fully saturated rings. The van der Waals surface area contributed by atoms with Crippen molar-refractivity contribution in [3.05, 3.63) is 48.3 Å². The van der Waals surface area contributed by atoms with E-state index in [4.69, 9.17) is 5.73 Å². The number of alkyl halides is 3. The van der Waals surface area contributed by atoms with Gasteiger partial charge in [0.15, 0.2) is 5.82 Å². The van der Waals surface area contributed by atoms with Gasteiger partial charge in [0, 0.05) is 5.39 Å². The lowest BCUT2D eigenvalue weighted by atomic mass is 10.1. The Morgan fingerprint density at radius 2 is 1.85 bits per heavy atom. The lowest BCUT2D eigenvalue weighted by molar-refractivity contribution is -0.136. The van der Waals surface area contributed by atoms with Crippen molar-refractivity contribution in [2.45, 2.75) is 6.18 Å². The summed E-state index contributed by atoms with van der Waals surface area (Å²) in [5.74, 6) is 0.411. The number of hydrogen-bond donors (Lipinski definition) is 1. The van der Waals surface area contributed by atoms with Crippen molar-refractivity contribution >= 4 is 16.6 Å². The van der Waals surface area contributed by atoms with Crippen LogP contribution in [0, 0.1) is 0 Å². The summed E-state index contributed by atoms with van der Waals surface area (Å²) in [7, 11) is 0. The number of nitrogens with two attached hydrogens (primary N) is 1. The Morgan fingerprint density at radius 1 is 1.05 bits per heavy atom. The maximum absolute atomic E-state index is 12.9. The second kappa shape index (κ2) is 4.22. The maximum atomic E-state index is 12.9. The highest BCUT2D eigenvalue weighted by Gasteiger charge is 2.33. The molecule has 0 aliphatic rings. The van der Waals surface area contributed by atoms with Gasteiger partial charge in [-0.05, 0) is 24.3 Å². The van der Waals surface area contributed by atoms with E-state index in [0.717, 1.165) is 6.07 Å². The largest absolute Gasteiger partial charge is 0.417 e. The van der Waals surface area contributed by atoms with Crippen LogP contribution in [-0.4, -0.2) is 14.8 Å². The molecule has 7 heteroatoms. The summed E-state index contributed by atoms with van der Waals surface area (Å²) >= 11 is 0. The third-order valence-electron chi connectivity index (χ3n) is 2.91. The topological polar surface area (TPSA) is 56.7 Å². The summed E-state index contributed by atoms with van der Waals surface area (Å²) in [6.45, 7) is 0. The van der Waals surface area contributed by atoms with E-state index >= 15 is 0 Å². The van der Waals surface area contributed by atoms with Gasteiger partial charge in [-0.1, -0.05) is 6.07 Å². The fourth-order valence-electron chi connectivity index (χ4n) is 2.00. The third kappa shape index (κ3) is 1.97. The summed E-state index contributed by atoms with van der Waals surface area (Å²) in [4.78, 5) is 4.06. The molecule has 0 atom stereocenters. The molecule has 2 heterocycles. The number of anilines is 1. The van der Waals surface area contributed by atoms with Gasteiger partial charge in [-0.2, -0.15) is 18.3 Å². The van der Waals surface area contributed by atoms with Gasteiger partial charge in [-0.15, -0.1) is 0 Å². The number of halogens is 3. The Balaban J connectivity index is 2.22. The fraction of sp³-hybridized carbons (Fsp3) is 0.0769. The summed E-state index contributed by atoms with van der Waals surface area (Å²) < 4.78 is 40.1. The first-order chi connectivity index (χ1) is 9.47. The van der Waals surface area contributed by atoms with Gasteiger partial charge in [0.2, 0.25) is 0 Å². The summed E-state index contributed by atoms with van der Waals surface area (Å²) in [5.41, 5.74) is 5.64. The van der Waals surface area contributed by atoms with E-state index in [-0.39, 0.29) is 5.39 Å². The minimum absolute atomic E-state index is 0.0404. The fourth-order valence-corrected chi connectivity index (χ4v) is 2.00. The van der Waals surface area contributed by atoms with E-state index in [1.807, 2.05) is 0 Å². The van der Waals surface area contributed by atoms with Gasteiger partial charge in [0.25, 0.3) is 0 Å². The average molecular weight is 278 g/mol. The van der Waals surface area contributed by atoms with Gasteiger partial charge in [-0.3, -0.25) is 0 Å². The maximum Gasteiger partial charge on any atom is 0.417 e. The molecule has 1 aromatic carbocycles. The van der Waals surface area contributed by atoms with Gasteiger partial charge < -0.3 is 5.73 Å². The highest BCUT2D eigenvalue weighted by molar-refractivity contribution is 5.84.